The summed E-state index contributed by atoms with van der Waals surface area (Å²) in [7, 11) is 1.91. The van der Waals surface area contributed by atoms with Crippen LogP contribution in [0.4, 0.5) is 0 Å². The zero-order valence-corrected chi connectivity index (χ0v) is 10.2. The van der Waals surface area contributed by atoms with Crippen molar-refractivity contribution in [2.24, 2.45) is 7.05 Å². The first-order valence-corrected chi connectivity index (χ1v) is 5.74. The molecule has 3 nitrogen and oxygen atoms in total. The Labute approximate surface area is 99.8 Å². The second-order valence-corrected chi connectivity index (χ2v) is 4.62. The third-order valence-corrected chi connectivity index (χ3v) is 3.55. The molecule has 0 bridgehead atoms. The quantitative estimate of drug-likeness (QED) is 0.674. The molecule has 2 heterocycles. The maximum atomic E-state index is 11.8. The summed E-state index contributed by atoms with van der Waals surface area (Å²) < 4.78 is 2.94. The van der Waals surface area contributed by atoms with Gasteiger partial charge in [-0.25, -0.2) is 0 Å². The lowest BCUT2D eigenvalue weighted by Crippen LogP contribution is -2.07. The van der Waals surface area contributed by atoms with Crippen LogP contribution in [0.5, 0.6) is 0 Å². The Morgan fingerprint density at radius 1 is 1.31 bits per heavy atom. The first-order valence-electron chi connectivity index (χ1n) is 4.94. The monoisotopic (exact) mass is 276 g/mol. The lowest BCUT2D eigenvalue weighted by atomic mass is 10.2. The highest BCUT2D eigenvalue weighted by Gasteiger charge is 2.12. The predicted octanol–water partition coefficient (Wildman–Crippen LogP) is 2.78. The van der Waals surface area contributed by atoms with E-state index in [2.05, 4.69) is 20.9 Å². The molecule has 0 radical (unpaired) electrons. The number of aryl methyl sites for hydroxylation is 1. The summed E-state index contributed by atoms with van der Waals surface area (Å²) >= 11 is 3.53. The van der Waals surface area contributed by atoms with Gasteiger partial charge in [0.25, 0.3) is 5.56 Å². The molecule has 0 saturated carbocycles. The highest BCUT2D eigenvalue weighted by Crippen LogP contribution is 2.31. The van der Waals surface area contributed by atoms with E-state index in [0.29, 0.717) is 5.52 Å². The van der Waals surface area contributed by atoms with E-state index in [1.165, 1.54) is 0 Å². The summed E-state index contributed by atoms with van der Waals surface area (Å²) in [6.45, 7) is 0. The van der Waals surface area contributed by atoms with Gasteiger partial charge in [0.15, 0.2) is 0 Å². The van der Waals surface area contributed by atoms with E-state index < -0.39 is 0 Å². The maximum absolute atomic E-state index is 11.8. The summed E-state index contributed by atoms with van der Waals surface area (Å²) in [5.74, 6) is 0. The normalized spacial score (nSPS) is 11.4. The van der Waals surface area contributed by atoms with Gasteiger partial charge in [-0.2, -0.15) is 0 Å². The lowest BCUT2D eigenvalue weighted by Gasteiger charge is -1.96. The second-order valence-electron chi connectivity index (χ2n) is 3.76. The van der Waals surface area contributed by atoms with Gasteiger partial charge in [0.2, 0.25) is 0 Å². The highest BCUT2D eigenvalue weighted by atomic mass is 79.9. The summed E-state index contributed by atoms with van der Waals surface area (Å²) in [5.41, 5.74) is 1.72. The summed E-state index contributed by atoms with van der Waals surface area (Å²) in [6, 6.07) is 7.91. The Morgan fingerprint density at radius 3 is 2.94 bits per heavy atom. The highest BCUT2D eigenvalue weighted by molar-refractivity contribution is 9.10. The van der Waals surface area contributed by atoms with Crippen molar-refractivity contribution in [2.45, 2.75) is 0 Å². The van der Waals surface area contributed by atoms with Crippen molar-refractivity contribution in [3.8, 4) is 0 Å². The average molecular weight is 277 g/mol. The van der Waals surface area contributed by atoms with Gasteiger partial charge in [0, 0.05) is 28.5 Å². The third kappa shape index (κ3) is 1.10. The first-order chi connectivity index (χ1) is 7.70. The SMILES string of the molecule is Cn1c2cccc(Br)c2c2cc[nH]c(=O)c21. The first kappa shape index (κ1) is 9.66. The minimum absolute atomic E-state index is 0.0527. The number of hydrogen-bond acceptors (Lipinski definition) is 1. The molecule has 0 saturated heterocycles. The average Bonchev–Trinajstić information content (AvgIpc) is 2.56. The number of aromatic nitrogens is 2. The summed E-state index contributed by atoms with van der Waals surface area (Å²) in [4.78, 5) is 14.5. The Hall–Kier alpha value is -1.55. The van der Waals surface area contributed by atoms with Gasteiger partial charge in [-0.1, -0.05) is 22.0 Å². The molecular weight excluding hydrogens is 268 g/mol. The number of nitrogens with one attached hydrogen (secondary N) is 1. The van der Waals surface area contributed by atoms with Gasteiger partial charge < -0.3 is 9.55 Å². The van der Waals surface area contributed by atoms with Crippen molar-refractivity contribution < 1.29 is 0 Å². The molecule has 1 aromatic carbocycles. The largest absolute Gasteiger partial charge is 0.339 e. The minimum Gasteiger partial charge on any atom is -0.339 e. The van der Waals surface area contributed by atoms with Crippen LogP contribution < -0.4 is 5.56 Å². The van der Waals surface area contributed by atoms with E-state index >= 15 is 0 Å². The fourth-order valence-corrected chi connectivity index (χ4v) is 2.75. The number of nitrogens with zero attached hydrogens (tertiary/aromatic N) is 1. The van der Waals surface area contributed by atoms with Crippen LogP contribution in [0.2, 0.25) is 0 Å². The van der Waals surface area contributed by atoms with Gasteiger partial charge >= 0.3 is 0 Å². The van der Waals surface area contributed by atoms with Crippen LogP contribution in [-0.4, -0.2) is 9.55 Å². The van der Waals surface area contributed by atoms with E-state index in [1.54, 1.807) is 6.20 Å². The Balaban J connectivity index is 2.77. The zero-order valence-electron chi connectivity index (χ0n) is 8.62. The van der Waals surface area contributed by atoms with E-state index in [0.717, 1.165) is 20.8 Å². The Morgan fingerprint density at radius 2 is 2.12 bits per heavy atom. The van der Waals surface area contributed by atoms with Crippen molar-refractivity contribution in [3.63, 3.8) is 0 Å². The number of halogens is 1. The van der Waals surface area contributed by atoms with Crippen LogP contribution in [0.25, 0.3) is 21.8 Å². The number of H-pyrrole nitrogens is 1. The van der Waals surface area contributed by atoms with Gasteiger partial charge in [0.05, 0.1) is 5.52 Å². The maximum Gasteiger partial charge on any atom is 0.272 e. The molecule has 0 atom stereocenters. The van der Waals surface area contributed by atoms with Gasteiger partial charge in [-0.3, -0.25) is 4.79 Å². The standard InChI is InChI=1S/C12H9BrN2O/c1-15-9-4-2-3-8(13)10(9)7-5-6-14-12(16)11(7)15/h2-6H,1H3,(H,14,16). The van der Waals surface area contributed by atoms with Gasteiger partial charge in [0.1, 0.15) is 5.52 Å². The smallest absolute Gasteiger partial charge is 0.272 e. The molecule has 0 unspecified atom stereocenters. The Kier molecular flexibility index (Phi) is 1.94. The minimum atomic E-state index is -0.0527. The fourth-order valence-electron chi connectivity index (χ4n) is 2.18. The number of fused-ring (bicyclic) bond motifs is 3. The van der Waals surface area contributed by atoms with E-state index in [4.69, 9.17) is 0 Å². The van der Waals surface area contributed by atoms with Crippen LogP contribution in [0.1, 0.15) is 0 Å². The molecule has 4 heteroatoms. The molecule has 0 aliphatic carbocycles. The van der Waals surface area contributed by atoms with Crippen LogP contribution in [-0.2, 0) is 7.05 Å². The van der Waals surface area contributed by atoms with Crippen molar-refractivity contribution in [1.82, 2.24) is 9.55 Å². The lowest BCUT2D eigenvalue weighted by molar-refractivity contribution is 0.999. The van der Waals surface area contributed by atoms with Crippen LogP contribution in [0.3, 0.4) is 0 Å². The molecule has 3 rings (SSSR count). The zero-order chi connectivity index (χ0) is 11.3. The second kappa shape index (κ2) is 3.22. The molecule has 1 N–H and O–H groups in total. The Bertz CT molecular complexity index is 755. The molecule has 16 heavy (non-hydrogen) atoms. The molecular formula is C12H9BrN2O. The molecule has 0 amide bonds. The molecule has 0 aliphatic rings. The molecule has 80 valence electrons. The van der Waals surface area contributed by atoms with Crippen LogP contribution in [0, 0.1) is 0 Å². The van der Waals surface area contributed by atoms with Gasteiger partial charge in [-0.05, 0) is 18.2 Å². The third-order valence-electron chi connectivity index (χ3n) is 2.89. The number of pyridine rings is 1. The van der Waals surface area contributed by atoms with E-state index in [1.807, 2.05) is 35.9 Å². The van der Waals surface area contributed by atoms with Crippen LogP contribution in [0.15, 0.2) is 39.7 Å². The van der Waals surface area contributed by atoms with Crippen molar-refractivity contribution in [2.75, 3.05) is 0 Å². The fraction of sp³-hybridized carbons (Fsp3) is 0.0833. The number of rotatable bonds is 0. The number of aromatic amines is 1. The molecule has 2 aromatic heterocycles. The molecule has 0 aliphatic heterocycles. The topological polar surface area (TPSA) is 37.8 Å². The number of hydrogen-bond donors (Lipinski definition) is 1. The molecule has 0 fully saturated rings. The van der Waals surface area contributed by atoms with Crippen molar-refractivity contribution in [3.05, 3.63) is 45.3 Å². The van der Waals surface area contributed by atoms with Gasteiger partial charge in [-0.15, -0.1) is 0 Å². The van der Waals surface area contributed by atoms with E-state index in [9.17, 15) is 4.79 Å². The summed E-state index contributed by atoms with van der Waals surface area (Å²) in [5, 5.41) is 2.07. The van der Waals surface area contributed by atoms with Crippen LogP contribution >= 0.6 is 15.9 Å². The number of benzene rings is 1. The van der Waals surface area contributed by atoms with E-state index in [-0.39, 0.29) is 5.56 Å². The molecule has 0 spiro atoms. The molecule has 3 aromatic rings. The van der Waals surface area contributed by atoms with Crippen molar-refractivity contribution in [1.29, 1.82) is 0 Å². The summed E-state index contributed by atoms with van der Waals surface area (Å²) in [6.07, 6.45) is 1.68. The predicted molar refractivity (Wildman–Crippen MR) is 68.7 cm³/mol. The van der Waals surface area contributed by atoms with Crippen molar-refractivity contribution >= 4 is 37.7 Å².